The van der Waals surface area contributed by atoms with Crippen LogP contribution in [0.4, 0.5) is 10.5 Å². The third-order valence-corrected chi connectivity index (χ3v) is 4.58. The number of carbonyl (C=O) groups excluding carboxylic acids is 2. The number of nitrogens with zero attached hydrogens (tertiary/aromatic N) is 2. The standard InChI is InChI=1S/C21H25N3O3/c1-2-27-21(26)23-18-12-8-9-16(15-18)20(25)24-14-7-6-13-19(24)22-17-10-4-3-5-11-17/h6-9,12-15,17H,2-5,10-11H2,1H3,(H,23,26). The van der Waals surface area contributed by atoms with Gasteiger partial charge in [-0.05, 0) is 50.1 Å². The van der Waals surface area contributed by atoms with E-state index in [1.807, 2.05) is 18.2 Å². The van der Waals surface area contributed by atoms with Gasteiger partial charge in [0.2, 0.25) is 0 Å². The van der Waals surface area contributed by atoms with Crippen molar-refractivity contribution in [2.75, 3.05) is 11.9 Å². The van der Waals surface area contributed by atoms with Gasteiger partial charge in [0.05, 0.1) is 12.6 Å². The van der Waals surface area contributed by atoms with Crippen LogP contribution in [0.2, 0.25) is 0 Å². The topological polar surface area (TPSA) is 72.7 Å². The van der Waals surface area contributed by atoms with Crippen LogP contribution in [0.1, 0.15) is 49.4 Å². The molecule has 1 aromatic heterocycles. The van der Waals surface area contributed by atoms with Crippen molar-refractivity contribution in [2.45, 2.75) is 45.1 Å². The second kappa shape index (κ2) is 9.16. The molecule has 1 fully saturated rings. The van der Waals surface area contributed by atoms with Crippen LogP contribution in [0.25, 0.3) is 0 Å². The van der Waals surface area contributed by atoms with Crippen molar-refractivity contribution in [3.05, 3.63) is 59.7 Å². The molecule has 0 bridgehead atoms. The fourth-order valence-electron chi connectivity index (χ4n) is 3.26. The van der Waals surface area contributed by atoms with Crippen molar-refractivity contribution >= 4 is 17.7 Å². The van der Waals surface area contributed by atoms with E-state index in [0.29, 0.717) is 16.7 Å². The molecule has 6 nitrogen and oxygen atoms in total. The number of aromatic nitrogens is 1. The number of amides is 1. The Labute approximate surface area is 158 Å². The highest BCUT2D eigenvalue weighted by Crippen LogP contribution is 2.19. The summed E-state index contributed by atoms with van der Waals surface area (Å²) >= 11 is 0. The second-order valence-corrected chi connectivity index (χ2v) is 6.58. The molecule has 0 unspecified atom stereocenters. The molecule has 142 valence electrons. The van der Waals surface area contributed by atoms with E-state index in [2.05, 4.69) is 5.32 Å². The van der Waals surface area contributed by atoms with Crippen molar-refractivity contribution in [3.8, 4) is 0 Å². The lowest BCUT2D eigenvalue weighted by Crippen LogP contribution is -2.29. The van der Waals surface area contributed by atoms with E-state index in [1.54, 1.807) is 42.0 Å². The highest BCUT2D eigenvalue weighted by atomic mass is 16.5. The summed E-state index contributed by atoms with van der Waals surface area (Å²) in [6.07, 6.45) is 6.98. The Balaban J connectivity index is 1.86. The first-order valence-corrected chi connectivity index (χ1v) is 9.47. The Morgan fingerprint density at radius 2 is 1.96 bits per heavy atom. The quantitative estimate of drug-likeness (QED) is 0.888. The zero-order chi connectivity index (χ0) is 19.1. The molecule has 1 saturated carbocycles. The average Bonchev–Trinajstić information content (AvgIpc) is 2.69. The molecule has 2 aromatic rings. The Kier molecular flexibility index (Phi) is 6.41. The van der Waals surface area contributed by atoms with Gasteiger partial charge in [0.1, 0.15) is 5.49 Å². The van der Waals surface area contributed by atoms with Crippen molar-refractivity contribution in [3.63, 3.8) is 0 Å². The molecule has 0 spiro atoms. The number of carbonyl (C=O) groups is 2. The van der Waals surface area contributed by atoms with Crippen molar-refractivity contribution < 1.29 is 14.3 Å². The molecule has 1 heterocycles. The van der Waals surface area contributed by atoms with E-state index in [9.17, 15) is 9.59 Å². The minimum atomic E-state index is -0.539. The van der Waals surface area contributed by atoms with Crippen molar-refractivity contribution in [2.24, 2.45) is 4.99 Å². The summed E-state index contributed by atoms with van der Waals surface area (Å²) in [6.45, 7) is 2.03. The molecule has 1 aliphatic rings. The van der Waals surface area contributed by atoms with E-state index in [1.165, 1.54) is 19.3 Å². The maximum atomic E-state index is 13.0. The molecule has 1 aromatic carbocycles. The molecule has 0 atom stereocenters. The zero-order valence-electron chi connectivity index (χ0n) is 15.6. The largest absolute Gasteiger partial charge is 0.450 e. The summed E-state index contributed by atoms with van der Waals surface area (Å²) in [5.74, 6) is -0.183. The smallest absolute Gasteiger partial charge is 0.411 e. The lowest BCUT2D eigenvalue weighted by atomic mass is 9.96. The number of hydrogen-bond donors (Lipinski definition) is 1. The van der Waals surface area contributed by atoms with Crippen LogP contribution in [0.5, 0.6) is 0 Å². The van der Waals surface area contributed by atoms with Crippen LogP contribution >= 0.6 is 0 Å². The molecule has 1 amide bonds. The van der Waals surface area contributed by atoms with Crippen LogP contribution in [0.15, 0.2) is 53.7 Å². The monoisotopic (exact) mass is 367 g/mol. The van der Waals surface area contributed by atoms with Gasteiger partial charge < -0.3 is 4.74 Å². The highest BCUT2D eigenvalue weighted by Gasteiger charge is 2.14. The number of anilines is 1. The van der Waals surface area contributed by atoms with Gasteiger partial charge in [0, 0.05) is 17.4 Å². The van der Waals surface area contributed by atoms with Gasteiger partial charge in [-0.1, -0.05) is 31.4 Å². The Morgan fingerprint density at radius 1 is 1.15 bits per heavy atom. The summed E-state index contributed by atoms with van der Waals surface area (Å²) < 4.78 is 6.45. The number of nitrogens with one attached hydrogen (secondary N) is 1. The predicted molar refractivity (Wildman–Crippen MR) is 104 cm³/mol. The van der Waals surface area contributed by atoms with Crippen molar-refractivity contribution in [1.29, 1.82) is 0 Å². The van der Waals surface area contributed by atoms with E-state index in [0.717, 1.165) is 12.8 Å². The molecule has 0 radical (unpaired) electrons. The average molecular weight is 367 g/mol. The summed E-state index contributed by atoms with van der Waals surface area (Å²) in [4.78, 5) is 29.4. The fourth-order valence-corrected chi connectivity index (χ4v) is 3.26. The first-order chi connectivity index (χ1) is 13.2. The third kappa shape index (κ3) is 5.06. The molecule has 1 aliphatic carbocycles. The number of rotatable bonds is 4. The molecular weight excluding hydrogens is 342 g/mol. The van der Waals surface area contributed by atoms with Crippen LogP contribution in [0, 0.1) is 0 Å². The van der Waals surface area contributed by atoms with Crippen LogP contribution in [-0.2, 0) is 4.74 Å². The molecule has 0 aliphatic heterocycles. The van der Waals surface area contributed by atoms with Gasteiger partial charge in [-0.3, -0.25) is 19.7 Å². The summed E-state index contributed by atoms with van der Waals surface area (Å²) in [5, 5.41) is 2.62. The molecule has 1 N–H and O–H groups in total. The van der Waals surface area contributed by atoms with Crippen LogP contribution < -0.4 is 10.8 Å². The Hall–Kier alpha value is -2.89. The summed E-state index contributed by atoms with van der Waals surface area (Å²) in [6, 6.07) is 12.7. The SMILES string of the molecule is CCOC(=O)Nc1cccc(C(=O)n2ccccc2=NC2CCCCC2)c1. The summed E-state index contributed by atoms with van der Waals surface area (Å²) in [7, 11) is 0. The van der Waals surface area contributed by atoms with E-state index >= 15 is 0 Å². The van der Waals surface area contributed by atoms with Gasteiger partial charge in [-0.25, -0.2) is 4.79 Å². The van der Waals surface area contributed by atoms with E-state index < -0.39 is 6.09 Å². The van der Waals surface area contributed by atoms with E-state index in [-0.39, 0.29) is 18.6 Å². The highest BCUT2D eigenvalue weighted by molar-refractivity contribution is 5.97. The first kappa shape index (κ1) is 18.9. The van der Waals surface area contributed by atoms with Crippen molar-refractivity contribution in [1.82, 2.24) is 4.57 Å². The van der Waals surface area contributed by atoms with Gasteiger partial charge in [-0.15, -0.1) is 0 Å². The lowest BCUT2D eigenvalue weighted by molar-refractivity contribution is 0.0954. The molecule has 27 heavy (non-hydrogen) atoms. The third-order valence-electron chi connectivity index (χ3n) is 4.58. The maximum absolute atomic E-state index is 13.0. The lowest BCUT2D eigenvalue weighted by Gasteiger charge is -2.17. The number of hydrogen-bond acceptors (Lipinski definition) is 4. The minimum absolute atomic E-state index is 0.183. The predicted octanol–water partition coefficient (Wildman–Crippen LogP) is 3.98. The van der Waals surface area contributed by atoms with Crippen LogP contribution in [0.3, 0.4) is 0 Å². The number of benzene rings is 1. The normalized spacial score (nSPS) is 15.4. The minimum Gasteiger partial charge on any atom is -0.450 e. The Bertz CT molecular complexity index is 867. The molecule has 3 rings (SSSR count). The van der Waals surface area contributed by atoms with Gasteiger partial charge in [0.25, 0.3) is 5.91 Å². The van der Waals surface area contributed by atoms with Gasteiger partial charge >= 0.3 is 6.09 Å². The van der Waals surface area contributed by atoms with E-state index in [4.69, 9.17) is 9.73 Å². The number of ether oxygens (including phenoxy) is 1. The number of pyridine rings is 1. The molecular formula is C21H25N3O3. The Morgan fingerprint density at radius 3 is 2.74 bits per heavy atom. The van der Waals surface area contributed by atoms with Gasteiger partial charge in [-0.2, -0.15) is 0 Å². The maximum Gasteiger partial charge on any atom is 0.411 e. The fraction of sp³-hybridized carbons (Fsp3) is 0.381. The second-order valence-electron chi connectivity index (χ2n) is 6.58. The van der Waals surface area contributed by atoms with Gasteiger partial charge in [0.15, 0.2) is 0 Å². The zero-order valence-corrected chi connectivity index (χ0v) is 15.6. The first-order valence-electron chi connectivity index (χ1n) is 9.47. The van der Waals surface area contributed by atoms with Crippen LogP contribution in [-0.4, -0.2) is 29.2 Å². The molecule has 0 saturated heterocycles. The summed E-state index contributed by atoms with van der Waals surface area (Å²) in [5.41, 5.74) is 1.65. The molecule has 6 heteroatoms.